The van der Waals surface area contributed by atoms with E-state index in [4.69, 9.17) is 30.8 Å². The fraction of sp³-hybridized carbons (Fsp3) is 0.222. The highest BCUT2D eigenvalue weighted by atomic mass is 35.5. The molecule has 0 radical (unpaired) electrons. The predicted octanol–water partition coefficient (Wildman–Crippen LogP) is 7.59. The van der Waals surface area contributed by atoms with Crippen LogP contribution in [0.15, 0.2) is 82.7 Å². The molecule has 9 nitrogen and oxygen atoms in total. The average molecular weight is 657 g/mol. The lowest BCUT2D eigenvalue weighted by Gasteiger charge is -2.18. The Morgan fingerprint density at radius 2 is 1.85 bits per heavy atom. The molecule has 1 amide bonds. The Balaban J connectivity index is 1.51. The van der Waals surface area contributed by atoms with E-state index in [1.54, 1.807) is 36.4 Å². The van der Waals surface area contributed by atoms with E-state index in [0.29, 0.717) is 34.6 Å². The fourth-order valence-electron chi connectivity index (χ4n) is 5.06. The Morgan fingerprint density at radius 1 is 1.06 bits per heavy atom. The van der Waals surface area contributed by atoms with E-state index in [2.05, 4.69) is 24.3 Å². The summed E-state index contributed by atoms with van der Waals surface area (Å²) in [7, 11) is 1.43. The Kier molecular flexibility index (Phi) is 10.2. The van der Waals surface area contributed by atoms with Crippen LogP contribution in [-0.4, -0.2) is 42.1 Å². The van der Waals surface area contributed by atoms with E-state index >= 15 is 0 Å². The lowest BCUT2D eigenvalue weighted by Crippen LogP contribution is -2.21. The number of para-hydroxylation sites is 1. The second-order valence-electron chi connectivity index (χ2n) is 11.0. The molecule has 0 saturated heterocycles. The van der Waals surface area contributed by atoms with Gasteiger partial charge in [0.2, 0.25) is 0 Å². The van der Waals surface area contributed by atoms with Crippen LogP contribution in [0.3, 0.4) is 0 Å². The molecule has 5 aromatic rings. The van der Waals surface area contributed by atoms with Crippen molar-refractivity contribution in [1.82, 2.24) is 9.66 Å². The van der Waals surface area contributed by atoms with Gasteiger partial charge in [0.1, 0.15) is 11.6 Å². The van der Waals surface area contributed by atoms with Crippen LogP contribution in [0.25, 0.3) is 22.3 Å². The zero-order valence-electron chi connectivity index (χ0n) is 26.6. The van der Waals surface area contributed by atoms with Crippen molar-refractivity contribution in [2.75, 3.05) is 25.6 Å². The topological polar surface area (TPSA) is 104 Å². The summed E-state index contributed by atoms with van der Waals surface area (Å²) in [5.74, 6) is 0.701. The molecule has 1 aromatic heterocycles. The van der Waals surface area contributed by atoms with Crippen LogP contribution in [0.2, 0.25) is 5.02 Å². The lowest BCUT2D eigenvalue weighted by molar-refractivity contribution is -0.118. The summed E-state index contributed by atoms with van der Waals surface area (Å²) in [5.41, 5.74) is 3.60. The van der Waals surface area contributed by atoms with Gasteiger partial charge in [0.05, 0.1) is 35.9 Å². The molecule has 1 heterocycles. The Hall–Kier alpha value is -5.22. The number of amides is 1. The lowest BCUT2D eigenvalue weighted by atomic mass is 9.96. The number of halogens is 2. The van der Waals surface area contributed by atoms with Gasteiger partial charge in [-0.05, 0) is 91.1 Å². The normalized spacial score (nSPS) is 11.3. The number of hydrogen-bond acceptors (Lipinski definition) is 7. The van der Waals surface area contributed by atoms with Crippen LogP contribution in [0.5, 0.6) is 17.2 Å². The van der Waals surface area contributed by atoms with Gasteiger partial charge in [-0.2, -0.15) is 9.78 Å². The maximum absolute atomic E-state index is 13.8. The molecule has 0 aliphatic rings. The molecule has 0 fully saturated rings. The van der Waals surface area contributed by atoms with Crippen molar-refractivity contribution >= 4 is 40.3 Å². The summed E-state index contributed by atoms with van der Waals surface area (Å²) in [6.07, 6.45) is 1.48. The minimum absolute atomic E-state index is 0.136. The first-order valence-corrected chi connectivity index (χ1v) is 15.4. The smallest absolute Gasteiger partial charge is 0.282 e. The molecule has 242 valence electrons. The molecule has 5 rings (SSSR count). The van der Waals surface area contributed by atoms with E-state index in [0.717, 1.165) is 22.4 Å². The predicted molar refractivity (Wildman–Crippen MR) is 183 cm³/mol. The number of hydrogen-bond donors (Lipinski definition) is 1. The molecule has 1 N–H and O–H groups in total. The van der Waals surface area contributed by atoms with Crippen LogP contribution in [0, 0.1) is 12.7 Å². The molecule has 0 spiro atoms. The number of nitrogens with zero attached hydrogens (tertiary/aromatic N) is 3. The zero-order valence-corrected chi connectivity index (χ0v) is 27.4. The van der Waals surface area contributed by atoms with E-state index in [1.807, 2.05) is 32.0 Å². The maximum Gasteiger partial charge on any atom is 0.282 e. The van der Waals surface area contributed by atoms with Gasteiger partial charge in [0.15, 0.2) is 23.9 Å². The van der Waals surface area contributed by atoms with Gasteiger partial charge in [0.25, 0.3) is 11.5 Å². The number of anilines is 1. The van der Waals surface area contributed by atoms with Gasteiger partial charge in [-0.15, -0.1) is 0 Å². The summed E-state index contributed by atoms with van der Waals surface area (Å²) in [6.45, 7) is 8.17. The zero-order chi connectivity index (χ0) is 33.7. The molecule has 0 aliphatic heterocycles. The summed E-state index contributed by atoms with van der Waals surface area (Å²) in [5, 5.41) is 7.72. The number of methoxy groups -OCH3 is 1. The van der Waals surface area contributed by atoms with Gasteiger partial charge in [-0.3, -0.25) is 9.59 Å². The molecular formula is C36H34ClFN4O5. The van der Waals surface area contributed by atoms with Crippen LogP contribution in [0.1, 0.15) is 43.4 Å². The molecule has 47 heavy (non-hydrogen) atoms. The third-order valence-electron chi connectivity index (χ3n) is 7.30. The fourth-order valence-corrected chi connectivity index (χ4v) is 5.33. The third-order valence-corrected chi connectivity index (χ3v) is 7.58. The van der Waals surface area contributed by atoms with Crippen LogP contribution >= 0.6 is 11.6 Å². The molecule has 4 aromatic carbocycles. The highest BCUT2D eigenvalue weighted by Crippen LogP contribution is 2.37. The van der Waals surface area contributed by atoms with Crippen molar-refractivity contribution in [3.05, 3.63) is 111 Å². The van der Waals surface area contributed by atoms with E-state index in [1.165, 1.54) is 36.2 Å². The molecule has 0 bridgehead atoms. The quantitative estimate of drug-likeness (QED) is 0.147. The second-order valence-corrected chi connectivity index (χ2v) is 11.4. The van der Waals surface area contributed by atoms with E-state index < -0.39 is 18.3 Å². The highest BCUT2D eigenvalue weighted by molar-refractivity contribution is 6.32. The molecule has 0 aliphatic carbocycles. The molecule has 0 unspecified atom stereocenters. The minimum Gasteiger partial charge on any atom is -0.494 e. The number of carbonyl (C=O) groups is 1. The standard InChI is InChI=1S/C36H34ClFN4O5/c1-6-46-31-14-22(4)28(18-27(31)21(2)3)35-41-30-13-8-7-12-26(30)36(44)42(35)39-19-23-15-29(37)34(32(16-23)45-5)47-20-33(43)40-25-11-9-10-24(38)17-25/h7-19,21H,6,20H2,1-5H3,(H,40,43). The maximum atomic E-state index is 13.8. The van der Waals surface area contributed by atoms with Crippen molar-refractivity contribution in [1.29, 1.82) is 0 Å². The average Bonchev–Trinajstić information content (AvgIpc) is 3.03. The van der Waals surface area contributed by atoms with Gasteiger partial charge in [-0.1, -0.05) is 43.6 Å². The number of aromatic nitrogens is 2. The van der Waals surface area contributed by atoms with Gasteiger partial charge in [0, 0.05) is 11.3 Å². The monoisotopic (exact) mass is 656 g/mol. The Bertz CT molecular complexity index is 2040. The van der Waals surface area contributed by atoms with Crippen molar-refractivity contribution in [3.63, 3.8) is 0 Å². The molecular weight excluding hydrogens is 623 g/mol. The Labute approximate surface area is 276 Å². The molecule has 0 saturated carbocycles. The first kappa shape index (κ1) is 33.2. The number of ether oxygens (including phenoxy) is 3. The minimum atomic E-state index is -0.514. The first-order valence-electron chi connectivity index (χ1n) is 15.0. The highest BCUT2D eigenvalue weighted by Gasteiger charge is 2.19. The summed E-state index contributed by atoms with van der Waals surface area (Å²) < 4.78 is 31.8. The Morgan fingerprint density at radius 3 is 2.57 bits per heavy atom. The third kappa shape index (κ3) is 7.44. The van der Waals surface area contributed by atoms with E-state index in [-0.39, 0.29) is 28.0 Å². The number of aryl methyl sites for hydroxylation is 1. The largest absolute Gasteiger partial charge is 0.494 e. The van der Waals surface area contributed by atoms with Crippen molar-refractivity contribution < 1.29 is 23.4 Å². The summed E-state index contributed by atoms with van der Waals surface area (Å²) >= 11 is 6.56. The van der Waals surface area contributed by atoms with Crippen LogP contribution < -0.4 is 25.1 Å². The number of nitrogens with one attached hydrogen (secondary N) is 1. The van der Waals surface area contributed by atoms with Crippen molar-refractivity contribution in [3.8, 4) is 28.6 Å². The number of rotatable bonds is 11. The van der Waals surface area contributed by atoms with Crippen LogP contribution in [0.4, 0.5) is 10.1 Å². The van der Waals surface area contributed by atoms with Gasteiger partial charge < -0.3 is 19.5 Å². The number of carbonyl (C=O) groups excluding carboxylic acids is 1. The van der Waals surface area contributed by atoms with E-state index in [9.17, 15) is 14.0 Å². The summed E-state index contributed by atoms with van der Waals surface area (Å²) in [6, 6.07) is 19.8. The van der Waals surface area contributed by atoms with Crippen molar-refractivity contribution in [2.45, 2.75) is 33.6 Å². The first-order chi connectivity index (χ1) is 22.6. The summed E-state index contributed by atoms with van der Waals surface area (Å²) in [4.78, 5) is 31.1. The SMILES string of the molecule is CCOc1cc(C)c(-c2nc3ccccc3c(=O)n2N=Cc2cc(Cl)c(OCC(=O)Nc3cccc(F)c3)c(OC)c2)cc1C(C)C. The molecule has 11 heteroatoms. The van der Waals surface area contributed by atoms with Crippen molar-refractivity contribution in [2.24, 2.45) is 5.10 Å². The molecule has 0 atom stereocenters. The van der Waals surface area contributed by atoms with Gasteiger partial charge >= 0.3 is 0 Å². The van der Waals surface area contributed by atoms with Crippen LogP contribution in [-0.2, 0) is 4.79 Å². The number of benzene rings is 4. The second kappa shape index (κ2) is 14.5. The number of fused-ring (bicyclic) bond motifs is 1. The van der Waals surface area contributed by atoms with Gasteiger partial charge in [-0.25, -0.2) is 9.37 Å².